The quantitative estimate of drug-likeness (QED) is 0.524. The topological polar surface area (TPSA) is 98.8 Å². The average molecular weight is 271 g/mol. The third-order valence-electron chi connectivity index (χ3n) is 2.01. The maximum atomic E-state index is 11.5. The fourth-order valence-electron chi connectivity index (χ4n) is 1.14. The molecule has 0 amide bonds. The van der Waals surface area contributed by atoms with Gasteiger partial charge in [-0.25, -0.2) is 14.8 Å². The summed E-state index contributed by atoms with van der Waals surface area (Å²) in [4.78, 5) is 27.1. The zero-order valence-corrected chi connectivity index (χ0v) is 10.2. The van der Waals surface area contributed by atoms with Crippen molar-refractivity contribution in [3.05, 3.63) is 17.3 Å². The third kappa shape index (κ3) is 2.30. The number of H-pyrrole nitrogens is 1. The molecule has 1 atom stereocenters. The van der Waals surface area contributed by atoms with Gasteiger partial charge in [0.25, 0.3) is 0 Å². The number of nitrogens with two attached hydrogens (primary N) is 1. The Morgan fingerprint density at radius 1 is 1.71 bits per heavy atom. The van der Waals surface area contributed by atoms with Crippen molar-refractivity contribution in [2.24, 2.45) is 5.73 Å². The van der Waals surface area contributed by atoms with E-state index < -0.39 is 12.0 Å². The van der Waals surface area contributed by atoms with Gasteiger partial charge in [0.2, 0.25) is 0 Å². The van der Waals surface area contributed by atoms with Gasteiger partial charge >= 0.3 is 5.97 Å². The van der Waals surface area contributed by atoms with Crippen molar-refractivity contribution in [1.29, 1.82) is 0 Å². The van der Waals surface area contributed by atoms with Crippen molar-refractivity contribution in [3.8, 4) is 0 Å². The molecule has 0 radical (unpaired) electrons. The van der Waals surface area contributed by atoms with Crippen LogP contribution in [0.1, 0.15) is 0 Å². The predicted molar refractivity (Wildman–Crippen MR) is 66.1 cm³/mol. The van der Waals surface area contributed by atoms with Gasteiger partial charge in [-0.3, -0.25) is 0 Å². The van der Waals surface area contributed by atoms with Crippen LogP contribution < -0.4 is 10.6 Å². The van der Waals surface area contributed by atoms with E-state index in [1.54, 1.807) is 0 Å². The largest absolute Gasteiger partial charge is 0.350 e. The summed E-state index contributed by atoms with van der Waals surface area (Å²) in [6.07, 6.45) is 2.72. The van der Waals surface area contributed by atoms with Crippen molar-refractivity contribution >= 4 is 42.0 Å². The fourth-order valence-corrected chi connectivity index (χ4v) is 1.49. The SMILES string of the molecule is N[C@@H](CS)C(=O)On1cnc2c(=S)nc[nH]c21. The van der Waals surface area contributed by atoms with Gasteiger partial charge in [0, 0.05) is 5.75 Å². The van der Waals surface area contributed by atoms with E-state index in [0.29, 0.717) is 15.8 Å². The second-order valence-corrected chi connectivity index (χ2v) is 3.93. The van der Waals surface area contributed by atoms with Crippen molar-refractivity contribution < 1.29 is 9.63 Å². The second kappa shape index (κ2) is 4.82. The van der Waals surface area contributed by atoms with E-state index in [9.17, 15) is 4.79 Å². The summed E-state index contributed by atoms with van der Waals surface area (Å²) in [5.41, 5.74) is 6.38. The number of hydrogen-bond acceptors (Lipinski definition) is 7. The van der Waals surface area contributed by atoms with Crippen LogP contribution in [0.25, 0.3) is 11.2 Å². The molecule has 17 heavy (non-hydrogen) atoms. The Morgan fingerprint density at radius 3 is 3.18 bits per heavy atom. The summed E-state index contributed by atoms with van der Waals surface area (Å²) in [5, 5.41) is 0. The lowest BCUT2D eigenvalue weighted by molar-refractivity contribution is -0.144. The van der Waals surface area contributed by atoms with Gasteiger partial charge in [-0.2, -0.15) is 12.6 Å². The molecule has 9 heteroatoms. The third-order valence-corrected chi connectivity index (χ3v) is 2.70. The van der Waals surface area contributed by atoms with Crippen LogP contribution in [0.4, 0.5) is 0 Å². The Hall–Kier alpha value is -1.45. The number of thiol groups is 1. The highest BCUT2D eigenvalue weighted by molar-refractivity contribution is 7.80. The Morgan fingerprint density at radius 2 is 2.47 bits per heavy atom. The van der Waals surface area contributed by atoms with Gasteiger partial charge in [0.05, 0.1) is 6.33 Å². The Labute approximate surface area is 106 Å². The van der Waals surface area contributed by atoms with Crippen LogP contribution in [-0.2, 0) is 4.79 Å². The average Bonchev–Trinajstić information content (AvgIpc) is 2.73. The van der Waals surface area contributed by atoms with Gasteiger partial charge in [0.15, 0.2) is 10.3 Å². The minimum atomic E-state index is -0.791. The number of fused-ring (bicyclic) bond motifs is 1. The predicted octanol–water partition coefficient (Wildman–Crippen LogP) is -0.299. The van der Waals surface area contributed by atoms with E-state index in [1.807, 2.05) is 0 Å². The zero-order valence-electron chi connectivity index (χ0n) is 8.53. The van der Waals surface area contributed by atoms with E-state index in [2.05, 4.69) is 27.6 Å². The molecule has 0 saturated carbocycles. The van der Waals surface area contributed by atoms with Crippen molar-refractivity contribution in [2.45, 2.75) is 6.04 Å². The molecule has 0 spiro atoms. The molecule has 0 aromatic carbocycles. The number of carbonyl (C=O) groups excluding carboxylic acids is 1. The van der Waals surface area contributed by atoms with Crippen molar-refractivity contribution in [2.75, 3.05) is 5.75 Å². The van der Waals surface area contributed by atoms with Crippen molar-refractivity contribution in [1.82, 2.24) is 19.7 Å². The number of nitrogens with one attached hydrogen (secondary N) is 1. The molecule has 3 N–H and O–H groups in total. The maximum Gasteiger partial charge on any atom is 0.350 e. The molecule has 0 aliphatic heterocycles. The first kappa shape index (κ1) is 12.0. The Balaban J connectivity index is 2.35. The molecule has 0 aliphatic rings. The minimum absolute atomic E-state index is 0.197. The Kier molecular flexibility index (Phi) is 3.41. The first-order valence-electron chi connectivity index (χ1n) is 4.63. The van der Waals surface area contributed by atoms with Crippen LogP contribution in [0.3, 0.4) is 0 Å². The van der Waals surface area contributed by atoms with Gasteiger partial charge in [-0.05, 0) is 0 Å². The standard InChI is InChI=1S/C8H9N5O2S2/c9-4(1-16)8(14)15-13-3-12-5-6(13)10-2-11-7(5)17/h2-4,16H,1,9H2,(H,10,11,17)/t4-/m0/s1. The van der Waals surface area contributed by atoms with Gasteiger partial charge in [-0.15, -0.1) is 4.73 Å². The van der Waals surface area contributed by atoms with Crippen LogP contribution >= 0.6 is 24.8 Å². The smallest absolute Gasteiger partial charge is 0.332 e. The Bertz CT molecular complexity index is 607. The number of carbonyl (C=O) groups is 1. The van der Waals surface area contributed by atoms with Crippen LogP contribution in [0, 0.1) is 4.64 Å². The molecule has 0 fully saturated rings. The summed E-state index contributed by atoms with van der Waals surface area (Å²) in [5.74, 6) is -0.404. The molecule has 2 heterocycles. The molecule has 90 valence electrons. The molecule has 2 aromatic heterocycles. The molecule has 7 nitrogen and oxygen atoms in total. The molecule has 2 rings (SSSR count). The lowest BCUT2D eigenvalue weighted by Crippen LogP contribution is -2.38. The highest BCUT2D eigenvalue weighted by Gasteiger charge is 2.16. The number of aromatic amines is 1. The van der Waals surface area contributed by atoms with E-state index >= 15 is 0 Å². The van der Waals surface area contributed by atoms with E-state index in [4.69, 9.17) is 22.8 Å². The maximum absolute atomic E-state index is 11.5. The van der Waals surface area contributed by atoms with E-state index in [1.165, 1.54) is 17.4 Å². The highest BCUT2D eigenvalue weighted by atomic mass is 32.1. The number of rotatable bonds is 3. The first-order chi connectivity index (χ1) is 8.13. The van der Waals surface area contributed by atoms with Crippen molar-refractivity contribution in [3.63, 3.8) is 0 Å². The summed E-state index contributed by atoms with van der Waals surface area (Å²) in [6.45, 7) is 0. The number of imidazole rings is 1. The minimum Gasteiger partial charge on any atom is -0.332 e. The summed E-state index contributed by atoms with van der Waals surface area (Å²) in [6, 6.07) is -0.791. The molecule has 0 unspecified atom stereocenters. The van der Waals surface area contributed by atoms with Crippen LogP contribution in [0.2, 0.25) is 0 Å². The number of aromatic nitrogens is 4. The van der Waals surface area contributed by atoms with E-state index in [0.717, 1.165) is 0 Å². The van der Waals surface area contributed by atoms with E-state index in [-0.39, 0.29) is 5.75 Å². The van der Waals surface area contributed by atoms with Gasteiger partial charge in [-0.1, -0.05) is 12.2 Å². The second-order valence-electron chi connectivity index (χ2n) is 3.17. The highest BCUT2D eigenvalue weighted by Crippen LogP contribution is 2.07. The lowest BCUT2D eigenvalue weighted by atomic mass is 10.4. The van der Waals surface area contributed by atoms with Gasteiger partial charge in [0.1, 0.15) is 17.9 Å². The van der Waals surface area contributed by atoms with Crippen LogP contribution in [0.15, 0.2) is 12.7 Å². The molecular formula is C8H9N5O2S2. The summed E-state index contributed by atoms with van der Waals surface area (Å²) in [7, 11) is 0. The van der Waals surface area contributed by atoms with Gasteiger partial charge < -0.3 is 15.6 Å². The van der Waals surface area contributed by atoms with Crippen LogP contribution in [0.5, 0.6) is 0 Å². The molecule has 0 aliphatic carbocycles. The first-order valence-corrected chi connectivity index (χ1v) is 5.67. The zero-order chi connectivity index (χ0) is 12.4. The summed E-state index contributed by atoms with van der Waals surface area (Å²) >= 11 is 8.88. The molecule has 2 aromatic rings. The molecular weight excluding hydrogens is 262 g/mol. The monoisotopic (exact) mass is 271 g/mol. The lowest BCUT2D eigenvalue weighted by Gasteiger charge is -2.08. The normalized spacial score (nSPS) is 12.6. The van der Waals surface area contributed by atoms with Crippen LogP contribution in [-0.4, -0.2) is 37.4 Å². The fraction of sp³-hybridized carbons (Fsp3) is 0.250. The molecule has 0 saturated heterocycles. The number of hydrogen-bond donors (Lipinski definition) is 3. The molecule has 0 bridgehead atoms. The number of nitrogens with zero attached hydrogens (tertiary/aromatic N) is 3. The summed E-state index contributed by atoms with van der Waals surface area (Å²) < 4.78 is 1.49.